The summed E-state index contributed by atoms with van der Waals surface area (Å²) < 4.78 is 0. The molecule has 0 aromatic heterocycles. The molecular formula is C14H19ClN2O. The van der Waals surface area contributed by atoms with Crippen LogP contribution >= 0.6 is 11.6 Å². The molecule has 0 bridgehead atoms. The number of likely N-dealkylation sites (tertiary alicyclic amines) is 1. The van der Waals surface area contributed by atoms with Crippen LogP contribution in [0.1, 0.15) is 30.1 Å². The standard InChI is InChI=1S/C14H19ClN2O/c1-11-6-8-17(9-7-11)10-16-14(18)12-2-4-13(15)5-3-12/h2-5,11H,6-10H2,1H3,(H,16,18). The summed E-state index contributed by atoms with van der Waals surface area (Å²) in [5.41, 5.74) is 0.657. The number of hydrogen-bond acceptors (Lipinski definition) is 2. The normalized spacial score (nSPS) is 17.7. The molecule has 0 unspecified atom stereocenters. The summed E-state index contributed by atoms with van der Waals surface area (Å²) in [7, 11) is 0. The lowest BCUT2D eigenvalue weighted by molar-refractivity contribution is 0.0905. The minimum absolute atomic E-state index is 0.0368. The second kappa shape index (κ2) is 6.21. The van der Waals surface area contributed by atoms with Gasteiger partial charge in [0.05, 0.1) is 6.67 Å². The van der Waals surface area contributed by atoms with Gasteiger partial charge in [-0.05, 0) is 43.0 Å². The lowest BCUT2D eigenvalue weighted by Gasteiger charge is -2.30. The van der Waals surface area contributed by atoms with Crippen LogP contribution in [0.5, 0.6) is 0 Å². The Hall–Kier alpha value is -1.06. The molecule has 1 amide bonds. The molecule has 1 aromatic carbocycles. The van der Waals surface area contributed by atoms with E-state index in [1.54, 1.807) is 24.3 Å². The van der Waals surface area contributed by atoms with E-state index in [-0.39, 0.29) is 5.91 Å². The molecule has 1 aliphatic heterocycles. The zero-order valence-corrected chi connectivity index (χ0v) is 11.4. The molecule has 4 heteroatoms. The number of benzene rings is 1. The zero-order chi connectivity index (χ0) is 13.0. The molecule has 0 atom stereocenters. The van der Waals surface area contributed by atoms with Gasteiger partial charge in [0.1, 0.15) is 0 Å². The van der Waals surface area contributed by atoms with E-state index in [4.69, 9.17) is 11.6 Å². The number of halogens is 1. The molecule has 1 fully saturated rings. The van der Waals surface area contributed by atoms with Gasteiger partial charge < -0.3 is 5.32 Å². The smallest absolute Gasteiger partial charge is 0.252 e. The van der Waals surface area contributed by atoms with Gasteiger partial charge in [0, 0.05) is 23.7 Å². The van der Waals surface area contributed by atoms with Crippen LogP contribution in [0, 0.1) is 5.92 Å². The van der Waals surface area contributed by atoms with E-state index in [0.717, 1.165) is 19.0 Å². The minimum atomic E-state index is -0.0368. The van der Waals surface area contributed by atoms with Crippen LogP contribution in [0.4, 0.5) is 0 Å². The Morgan fingerprint density at radius 2 is 1.94 bits per heavy atom. The van der Waals surface area contributed by atoms with Crippen molar-refractivity contribution < 1.29 is 4.79 Å². The molecule has 3 nitrogen and oxygen atoms in total. The summed E-state index contributed by atoms with van der Waals surface area (Å²) in [5, 5.41) is 3.60. The van der Waals surface area contributed by atoms with Crippen LogP contribution in [0.3, 0.4) is 0 Å². The van der Waals surface area contributed by atoms with Crippen molar-refractivity contribution in [1.82, 2.24) is 10.2 Å². The summed E-state index contributed by atoms with van der Waals surface area (Å²) in [6, 6.07) is 6.96. The molecule has 0 spiro atoms. The molecule has 0 saturated carbocycles. The topological polar surface area (TPSA) is 32.3 Å². The number of hydrogen-bond donors (Lipinski definition) is 1. The average molecular weight is 267 g/mol. The zero-order valence-electron chi connectivity index (χ0n) is 10.7. The Labute approximate surface area is 113 Å². The molecule has 1 saturated heterocycles. The van der Waals surface area contributed by atoms with Crippen LogP contribution in [0.2, 0.25) is 5.02 Å². The van der Waals surface area contributed by atoms with Crippen molar-refractivity contribution in [3.8, 4) is 0 Å². The Morgan fingerprint density at radius 3 is 2.56 bits per heavy atom. The lowest BCUT2D eigenvalue weighted by Crippen LogP contribution is -2.41. The lowest BCUT2D eigenvalue weighted by atomic mass is 10.00. The highest BCUT2D eigenvalue weighted by atomic mass is 35.5. The predicted molar refractivity (Wildman–Crippen MR) is 73.8 cm³/mol. The third-order valence-electron chi connectivity index (χ3n) is 3.45. The Balaban J connectivity index is 1.79. The first-order valence-corrected chi connectivity index (χ1v) is 6.79. The summed E-state index contributed by atoms with van der Waals surface area (Å²) >= 11 is 5.79. The van der Waals surface area contributed by atoms with E-state index in [2.05, 4.69) is 17.1 Å². The number of amides is 1. The van der Waals surface area contributed by atoms with Crippen molar-refractivity contribution in [2.75, 3.05) is 19.8 Å². The van der Waals surface area contributed by atoms with E-state index in [1.165, 1.54) is 12.8 Å². The van der Waals surface area contributed by atoms with Crippen molar-refractivity contribution in [3.63, 3.8) is 0 Å². The van der Waals surface area contributed by atoms with Crippen molar-refractivity contribution >= 4 is 17.5 Å². The predicted octanol–water partition coefficient (Wildman–Crippen LogP) is 2.76. The van der Waals surface area contributed by atoms with Gasteiger partial charge in [0.25, 0.3) is 5.91 Å². The molecule has 1 aromatic rings. The van der Waals surface area contributed by atoms with Gasteiger partial charge in [-0.2, -0.15) is 0 Å². The maximum atomic E-state index is 11.9. The van der Waals surface area contributed by atoms with Crippen LogP contribution in [-0.2, 0) is 0 Å². The fraction of sp³-hybridized carbons (Fsp3) is 0.500. The third-order valence-corrected chi connectivity index (χ3v) is 3.70. The van der Waals surface area contributed by atoms with Crippen LogP contribution in [0.25, 0.3) is 0 Å². The highest BCUT2D eigenvalue weighted by Gasteiger charge is 2.16. The summed E-state index contributed by atoms with van der Waals surface area (Å²) in [6.45, 7) is 5.06. The third kappa shape index (κ3) is 3.72. The quantitative estimate of drug-likeness (QED) is 0.912. The van der Waals surface area contributed by atoms with E-state index in [1.807, 2.05) is 0 Å². The van der Waals surface area contributed by atoms with Crippen molar-refractivity contribution in [3.05, 3.63) is 34.9 Å². The number of carbonyl (C=O) groups excluding carboxylic acids is 1. The minimum Gasteiger partial charge on any atom is -0.339 e. The molecule has 1 N–H and O–H groups in total. The SMILES string of the molecule is CC1CCN(CNC(=O)c2ccc(Cl)cc2)CC1. The fourth-order valence-electron chi connectivity index (χ4n) is 2.11. The summed E-state index contributed by atoms with van der Waals surface area (Å²) in [5.74, 6) is 0.776. The Kier molecular flexibility index (Phi) is 4.61. The van der Waals surface area contributed by atoms with E-state index < -0.39 is 0 Å². The largest absolute Gasteiger partial charge is 0.339 e. The number of rotatable bonds is 3. The molecule has 1 heterocycles. The van der Waals surface area contributed by atoms with Gasteiger partial charge in [-0.25, -0.2) is 0 Å². The van der Waals surface area contributed by atoms with E-state index in [9.17, 15) is 4.79 Å². The molecule has 0 aliphatic carbocycles. The molecule has 1 aliphatic rings. The van der Waals surface area contributed by atoms with Gasteiger partial charge >= 0.3 is 0 Å². The van der Waals surface area contributed by atoms with Crippen LogP contribution < -0.4 is 5.32 Å². The second-order valence-corrected chi connectivity index (χ2v) is 5.41. The monoisotopic (exact) mass is 266 g/mol. The highest BCUT2D eigenvalue weighted by Crippen LogP contribution is 2.15. The molecule has 0 radical (unpaired) electrons. The van der Waals surface area contributed by atoms with Gasteiger partial charge in [-0.3, -0.25) is 9.69 Å². The average Bonchev–Trinajstić information content (AvgIpc) is 2.38. The van der Waals surface area contributed by atoms with E-state index >= 15 is 0 Å². The first kappa shape index (κ1) is 13.4. The van der Waals surface area contributed by atoms with E-state index in [0.29, 0.717) is 17.3 Å². The number of piperidine rings is 1. The summed E-state index contributed by atoms with van der Waals surface area (Å²) in [4.78, 5) is 14.2. The number of nitrogens with one attached hydrogen (secondary N) is 1. The van der Waals surface area contributed by atoms with Crippen LogP contribution in [-0.4, -0.2) is 30.6 Å². The highest BCUT2D eigenvalue weighted by molar-refractivity contribution is 6.30. The molecular weight excluding hydrogens is 248 g/mol. The van der Waals surface area contributed by atoms with Crippen molar-refractivity contribution in [1.29, 1.82) is 0 Å². The van der Waals surface area contributed by atoms with Gasteiger partial charge in [-0.15, -0.1) is 0 Å². The number of nitrogens with zero attached hydrogens (tertiary/aromatic N) is 1. The maximum Gasteiger partial charge on any atom is 0.252 e. The second-order valence-electron chi connectivity index (χ2n) is 4.97. The van der Waals surface area contributed by atoms with Crippen molar-refractivity contribution in [2.45, 2.75) is 19.8 Å². The Bertz CT molecular complexity index is 397. The fourth-order valence-corrected chi connectivity index (χ4v) is 2.23. The van der Waals surface area contributed by atoms with Gasteiger partial charge in [0.2, 0.25) is 0 Å². The first-order valence-electron chi connectivity index (χ1n) is 6.41. The van der Waals surface area contributed by atoms with Crippen LogP contribution in [0.15, 0.2) is 24.3 Å². The molecule has 18 heavy (non-hydrogen) atoms. The maximum absolute atomic E-state index is 11.9. The Morgan fingerprint density at radius 1 is 1.33 bits per heavy atom. The van der Waals surface area contributed by atoms with Gasteiger partial charge in [0.15, 0.2) is 0 Å². The summed E-state index contributed by atoms with van der Waals surface area (Å²) in [6.07, 6.45) is 2.44. The number of carbonyl (C=O) groups is 1. The first-order chi connectivity index (χ1) is 8.65. The molecule has 98 valence electrons. The molecule has 2 rings (SSSR count). The van der Waals surface area contributed by atoms with Crippen molar-refractivity contribution in [2.24, 2.45) is 5.92 Å². The van der Waals surface area contributed by atoms with Gasteiger partial charge in [-0.1, -0.05) is 18.5 Å².